The van der Waals surface area contributed by atoms with E-state index >= 15 is 4.39 Å². The molecule has 1 saturated heterocycles. The lowest BCUT2D eigenvalue weighted by Gasteiger charge is -2.29. The first-order chi connectivity index (χ1) is 23.8. The molecule has 5 aromatic rings. The number of nitrogens with two attached hydrogens (primary N) is 2. The molecular formula is C35H31ClF4N8OS. The van der Waals surface area contributed by atoms with E-state index in [1.807, 2.05) is 19.1 Å². The third kappa shape index (κ3) is 5.17. The maximum absolute atomic E-state index is 17.0. The second kappa shape index (κ2) is 11.5. The van der Waals surface area contributed by atoms with E-state index in [1.165, 1.54) is 18.2 Å². The van der Waals surface area contributed by atoms with Gasteiger partial charge in [0.05, 0.1) is 27.9 Å². The average Bonchev–Trinajstić information content (AvgIpc) is 3.79. The molecule has 15 heteroatoms. The first-order valence-corrected chi connectivity index (χ1v) is 17.3. The van der Waals surface area contributed by atoms with Crippen LogP contribution in [0.15, 0.2) is 36.5 Å². The van der Waals surface area contributed by atoms with E-state index in [2.05, 4.69) is 14.9 Å². The first-order valence-electron chi connectivity index (χ1n) is 16.1. The molecule has 50 heavy (non-hydrogen) atoms. The van der Waals surface area contributed by atoms with Crippen molar-refractivity contribution in [1.29, 1.82) is 5.26 Å². The van der Waals surface area contributed by atoms with Gasteiger partial charge in [-0.2, -0.15) is 15.2 Å². The average molecular weight is 723 g/mol. The quantitative estimate of drug-likeness (QED) is 0.149. The van der Waals surface area contributed by atoms with Crippen LogP contribution in [0.2, 0.25) is 5.02 Å². The molecule has 2 unspecified atom stereocenters. The topological polar surface area (TPSA) is 130 Å². The summed E-state index contributed by atoms with van der Waals surface area (Å²) in [6.45, 7) is 3.47. The molecular weight excluding hydrogens is 692 g/mol. The molecule has 0 radical (unpaired) electrons. The van der Waals surface area contributed by atoms with Gasteiger partial charge in [0.25, 0.3) is 5.92 Å². The minimum Gasteiger partial charge on any atom is -0.463 e. The van der Waals surface area contributed by atoms with Gasteiger partial charge in [0.15, 0.2) is 5.82 Å². The number of alkyl halides is 2. The molecule has 9 nitrogen and oxygen atoms in total. The first kappa shape index (κ1) is 32.7. The van der Waals surface area contributed by atoms with Crippen LogP contribution in [0.1, 0.15) is 36.9 Å². The van der Waals surface area contributed by atoms with E-state index in [9.17, 15) is 18.4 Å². The summed E-state index contributed by atoms with van der Waals surface area (Å²) in [4.78, 5) is 17.4. The SMILES string of the molecule is C[C@H](c1cccnc1N)N(C)c1nc(OCC2(CN3CC4C(C3)C4(F)F)CC2)nc2c(F)c(-c3ccc(F)c4sc(N)c(C#N)c34)c(Cl)cc12. The van der Waals surface area contributed by atoms with Crippen molar-refractivity contribution in [2.24, 2.45) is 17.3 Å². The molecule has 3 aliphatic rings. The summed E-state index contributed by atoms with van der Waals surface area (Å²) in [5.41, 5.74) is 12.8. The number of aromatic nitrogens is 3. The number of thiophene rings is 1. The number of rotatable bonds is 9. The van der Waals surface area contributed by atoms with E-state index < -0.39 is 29.4 Å². The van der Waals surface area contributed by atoms with Gasteiger partial charge in [-0.15, -0.1) is 11.3 Å². The van der Waals surface area contributed by atoms with Crippen molar-refractivity contribution < 1.29 is 22.3 Å². The highest BCUT2D eigenvalue weighted by molar-refractivity contribution is 7.23. The summed E-state index contributed by atoms with van der Waals surface area (Å²) in [7, 11) is 1.77. The Hall–Kier alpha value is -4.45. The monoisotopic (exact) mass is 722 g/mol. The van der Waals surface area contributed by atoms with Crippen LogP contribution in [-0.4, -0.2) is 59.1 Å². The molecule has 0 bridgehead atoms. The molecule has 2 aromatic carbocycles. The molecule has 0 amide bonds. The van der Waals surface area contributed by atoms with Crippen LogP contribution in [0.4, 0.5) is 34.2 Å². The van der Waals surface area contributed by atoms with Crippen molar-refractivity contribution in [3.8, 4) is 23.2 Å². The Bertz CT molecular complexity index is 2240. The van der Waals surface area contributed by atoms with Gasteiger partial charge in [-0.05, 0) is 43.5 Å². The smallest absolute Gasteiger partial charge is 0.319 e. The number of nitriles is 1. The summed E-state index contributed by atoms with van der Waals surface area (Å²) >= 11 is 7.73. The van der Waals surface area contributed by atoms with Crippen molar-refractivity contribution in [2.75, 3.05) is 49.7 Å². The van der Waals surface area contributed by atoms with E-state index in [4.69, 9.17) is 32.8 Å². The summed E-state index contributed by atoms with van der Waals surface area (Å²) < 4.78 is 65.9. The predicted molar refractivity (Wildman–Crippen MR) is 185 cm³/mol. The highest BCUT2D eigenvalue weighted by Gasteiger charge is 2.71. The molecule has 2 saturated carbocycles. The van der Waals surface area contributed by atoms with Gasteiger partial charge in [-0.25, -0.2) is 22.5 Å². The molecule has 4 heterocycles. The Morgan fingerprint density at radius 2 is 1.92 bits per heavy atom. The van der Waals surface area contributed by atoms with Gasteiger partial charge in [0.1, 0.15) is 34.0 Å². The Balaban J connectivity index is 1.21. The lowest BCUT2D eigenvalue weighted by Crippen LogP contribution is -2.35. The number of piperidine rings is 1. The van der Waals surface area contributed by atoms with Crippen LogP contribution in [0.25, 0.3) is 32.1 Å². The standard InChI is InChI=1S/C35H31ClF4N8OS/c1-16(17-4-3-9-44-30(17)42)47(2)32-19-10-23(36)26(18-5-6-24(37)29-25(18)20(11-41)31(43)50-29)27(38)28(19)45-33(46-32)49-15-34(7-8-34)14-48-12-21-22(13-48)35(21,39)40/h3-6,9-10,16,21-22H,7-8,12-15,43H2,1-2H3,(H2,42,44)/t16-,21?,22?/m1/s1. The fourth-order valence-electron chi connectivity index (χ4n) is 7.36. The van der Waals surface area contributed by atoms with Crippen molar-refractivity contribution in [3.05, 3.63) is 64.3 Å². The summed E-state index contributed by atoms with van der Waals surface area (Å²) in [6, 6.07) is 9.25. The second-order valence-corrected chi connectivity index (χ2v) is 15.1. The molecule has 258 valence electrons. The largest absolute Gasteiger partial charge is 0.463 e. The summed E-state index contributed by atoms with van der Waals surface area (Å²) in [5.74, 6) is -4.48. The fourth-order valence-corrected chi connectivity index (χ4v) is 8.60. The number of ether oxygens (including phenoxy) is 1. The van der Waals surface area contributed by atoms with Gasteiger partial charge in [-0.1, -0.05) is 23.7 Å². The highest BCUT2D eigenvalue weighted by atomic mass is 35.5. The van der Waals surface area contributed by atoms with Crippen molar-refractivity contribution >= 4 is 60.6 Å². The lowest BCUT2D eigenvalue weighted by atomic mass is 9.97. The van der Waals surface area contributed by atoms with Gasteiger partial charge < -0.3 is 26.0 Å². The van der Waals surface area contributed by atoms with Crippen molar-refractivity contribution in [2.45, 2.75) is 31.7 Å². The number of hydrogen-bond acceptors (Lipinski definition) is 10. The molecule has 8 rings (SSSR count). The number of pyridine rings is 1. The Kier molecular flexibility index (Phi) is 7.56. The fraction of sp³-hybridized carbons (Fsp3) is 0.371. The molecule has 3 fully saturated rings. The maximum atomic E-state index is 17.0. The Labute approximate surface area is 293 Å². The number of benzene rings is 2. The minimum atomic E-state index is -2.56. The molecule has 3 atom stereocenters. The van der Waals surface area contributed by atoms with E-state index in [-0.39, 0.29) is 71.8 Å². The molecule has 2 aliphatic carbocycles. The van der Waals surface area contributed by atoms with Crippen molar-refractivity contribution in [1.82, 2.24) is 19.9 Å². The van der Waals surface area contributed by atoms with Gasteiger partial charge in [0.2, 0.25) is 0 Å². The van der Waals surface area contributed by atoms with Crippen LogP contribution in [0.3, 0.4) is 0 Å². The highest BCUT2D eigenvalue weighted by Crippen LogP contribution is 2.60. The van der Waals surface area contributed by atoms with E-state index in [0.29, 0.717) is 36.8 Å². The van der Waals surface area contributed by atoms with Crippen LogP contribution in [0, 0.1) is 40.2 Å². The zero-order chi connectivity index (χ0) is 35.3. The Morgan fingerprint density at radius 1 is 1.18 bits per heavy atom. The third-order valence-corrected chi connectivity index (χ3v) is 11.9. The molecule has 3 aromatic heterocycles. The minimum absolute atomic E-state index is 0.0109. The van der Waals surface area contributed by atoms with Crippen LogP contribution >= 0.6 is 22.9 Å². The third-order valence-electron chi connectivity index (χ3n) is 10.6. The number of hydrogen-bond donors (Lipinski definition) is 2. The van der Waals surface area contributed by atoms with Gasteiger partial charge in [-0.3, -0.25) is 0 Å². The number of fused-ring (bicyclic) bond motifs is 3. The summed E-state index contributed by atoms with van der Waals surface area (Å²) in [5, 5.41) is 10.4. The molecule has 0 spiro atoms. The van der Waals surface area contributed by atoms with E-state index in [1.54, 1.807) is 24.2 Å². The van der Waals surface area contributed by atoms with Gasteiger partial charge >= 0.3 is 6.01 Å². The number of likely N-dealkylation sites (tertiary alicyclic amines) is 1. The Morgan fingerprint density at radius 3 is 2.60 bits per heavy atom. The summed E-state index contributed by atoms with van der Waals surface area (Å²) in [6.07, 6.45) is 3.29. The van der Waals surface area contributed by atoms with Crippen LogP contribution < -0.4 is 21.1 Å². The zero-order valence-corrected chi connectivity index (χ0v) is 28.6. The number of nitrogens with zero attached hydrogens (tertiary/aromatic N) is 6. The molecule has 1 aliphatic heterocycles. The van der Waals surface area contributed by atoms with Crippen LogP contribution in [0.5, 0.6) is 6.01 Å². The lowest BCUT2D eigenvalue weighted by molar-refractivity contribution is 0.0460. The number of anilines is 3. The van der Waals surface area contributed by atoms with E-state index in [0.717, 1.165) is 24.2 Å². The van der Waals surface area contributed by atoms with Crippen LogP contribution in [-0.2, 0) is 0 Å². The normalized spacial score (nSPS) is 20.8. The zero-order valence-electron chi connectivity index (χ0n) is 27.0. The predicted octanol–water partition coefficient (Wildman–Crippen LogP) is 7.43. The number of nitrogen functional groups attached to an aromatic ring is 2. The van der Waals surface area contributed by atoms with Crippen molar-refractivity contribution in [3.63, 3.8) is 0 Å². The second-order valence-electron chi connectivity index (χ2n) is 13.7. The van der Waals surface area contributed by atoms with Gasteiger partial charge in [0, 0.05) is 72.0 Å². The maximum Gasteiger partial charge on any atom is 0.319 e. The number of halogens is 5. The molecule has 4 N–H and O–H groups in total.